The Morgan fingerprint density at radius 1 is 1.30 bits per heavy atom. The van der Waals surface area contributed by atoms with E-state index in [2.05, 4.69) is 9.62 Å². The van der Waals surface area contributed by atoms with Crippen LogP contribution in [0, 0.1) is 0 Å². The number of methoxy groups -OCH3 is 2. The summed E-state index contributed by atoms with van der Waals surface area (Å²) < 4.78 is 38.5. The number of thiophene rings is 1. The molecule has 1 aliphatic heterocycles. The minimum Gasteiger partial charge on any atom is -0.465 e. The van der Waals surface area contributed by atoms with Gasteiger partial charge in [0.1, 0.15) is 4.21 Å². The monoisotopic (exact) mass is 472 g/mol. The number of carbonyl (C=O) groups is 1. The molecule has 1 aliphatic rings. The summed E-state index contributed by atoms with van der Waals surface area (Å²) in [6.45, 7) is 3.93. The van der Waals surface area contributed by atoms with Crippen molar-refractivity contribution >= 4 is 38.9 Å². The molecular weight excluding hydrogens is 448 g/mol. The number of hydrogen-bond donors (Lipinski definition) is 1. The minimum atomic E-state index is -3.89. The summed E-state index contributed by atoms with van der Waals surface area (Å²) in [7, 11) is -1.12. The number of sulfonamides is 1. The van der Waals surface area contributed by atoms with Crippen LogP contribution in [-0.4, -0.2) is 52.7 Å². The molecule has 7 nitrogen and oxygen atoms in total. The number of halogens is 1. The van der Waals surface area contributed by atoms with Gasteiger partial charge in [0.05, 0.1) is 19.3 Å². The Morgan fingerprint density at radius 2 is 2.00 bits per heavy atom. The fraction of sp³-hybridized carbons (Fsp3) is 0.450. The van der Waals surface area contributed by atoms with Gasteiger partial charge in [-0.25, -0.2) is 17.9 Å². The molecule has 3 rings (SSSR count). The fourth-order valence-electron chi connectivity index (χ4n) is 3.51. The van der Waals surface area contributed by atoms with E-state index >= 15 is 0 Å². The van der Waals surface area contributed by atoms with Gasteiger partial charge in [0.15, 0.2) is 0 Å². The smallest absolute Gasteiger partial charge is 0.340 e. The maximum Gasteiger partial charge on any atom is 0.340 e. The number of benzene rings is 1. The molecule has 0 spiro atoms. The van der Waals surface area contributed by atoms with E-state index in [0.29, 0.717) is 31.1 Å². The van der Waals surface area contributed by atoms with Crippen molar-refractivity contribution in [1.82, 2.24) is 9.62 Å². The maximum absolute atomic E-state index is 13.0. The third-order valence-electron chi connectivity index (χ3n) is 4.83. The molecule has 0 amide bonds. The van der Waals surface area contributed by atoms with Crippen molar-refractivity contribution in [2.24, 2.45) is 0 Å². The van der Waals surface area contributed by atoms with Crippen molar-refractivity contribution in [3.63, 3.8) is 0 Å². The first-order valence-corrected chi connectivity index (χ1v) is 12.1. The Labute approximate surface area is 186 Å². The van der Waals surface area contributed by atoms with Crippen molar-refractivity contribution in [1.29, 1.82) is 0 Å². The SMILES string of the molecule is COCC(C)NS(=O)(=O)c1sc2c(c1C(=O)OC)CCN(Cc1ccc(Cl)cc1)C2. The molecule has 0 radical (unpaired) electrons. The first-order chi connectivity index (χ1) is 14.2. The van der Waals surface area contributed by atoms with Crippen LogP contribution >= 0.6 is 22.9 Å². The summed E-state index contributed by atoms with van der Waals surface area (Å²) in [6, 6.07) is 7.23. The first kappa shape index (κ1) is 23.2. The standard InChI is InChI=1S/C20H25ClN2O5S2/c1-13(12-27-2)22-30(25,26)20-18(19(24)28-3)16-8-9-23(11-17(16)29-20)10-14-4-6-15(21)7-5-14/h4-7,13,22H,8-12H2,1-3H3. The highest BCUT2D eigenvalue weighted by molar-refractivity contribution is 7.91. The second-order valence-corrected chi connectivity index (χ2v) is 10.7. The van der Waals surface area contributed by atoms with Gasteiger partial charge in [-0.15, -0.1) is 11.3 Å². The second kappa shape index (κ2) is 9.76. The highest BCUT2D eigenvalue weighted by atomic mass is 35.5. The van der Waals surface area contributed by atoms with E-state index in [1.165, 1.54) is 14.2 Å². The van der Waals surface area contributed by atoms with Crippen LogP contribution in [0.3, 0.4) is 0 Å². The van der Waals surface area contributed by atoms with E-state index in [1.807, 2.05) is 24.3 Å². The summed E-state index contributed by atoms with van der Waals surface area (Å²) in [5.41, 5.74) is 2.04. The van der Waals surface area contributed by atoms with Gasteiger partial charge in [0, 0.05) is 42.7 Å². The third-order valence-corrected chi connectivity index (χ3v) is 8.41. The van der Waals surface area contributed by atoms with Gasteiger partial charge in [-0.05, 0) is 36.6 Å². The quantitative estimate of drug-likeness (QED) is 0.594. The van der Waals surface area contributed by atoms with Crippen LogP contribution in [-0.2, 0) is 39.0 Å². The van der Waals surface area contributed by atoms with Gasteiger partial charge in [-0.2, -0.15) is 0 Å². The third kappa shape index (κ3) is 5.22. The van der Waals surface area contributed by atoms with Gasteiger partial charge in [-0.1, -0.05) is 23.7 Å². The van der Waals surface area contributed by atoms with E-state index in [9.17, 15) is 13.2 Å². The average molecular weight is 473 g/mol. The lowest BCUT2D eigenvalue weighted by Crippen LogP contribution is -2.36. The fourth-order valence-corrected chi connectivity index (χ4v) is 6.81. The van der Waals surface area contributed by atoms with Gasteiger partial charge in [-0.3, -0.25) is 4.90 Å². The highest BCUT2D eigenvalue weighted by Crippen LogP contribution is 2.37. The molecule has 2 aromatic rings. The number of esters is 1. The summed E-state index contributed by atoms with van der Waals surface area (Å²) >= 11 is 7.09. The Hall–Kier alpha value is -1.49. The molecule has 0 fully saturated rings. The van der Waals surface area contributed by atoms with E-state index < -0.39 is 22.0 Å². The van der Waals surface area contributed by atoms with Crippen LogP contribution in [0.25, 0.3) is 0 Å². The minimum absolute atomic E-state index is 0.00986. The molecule has 2 heterocycles. The Bertz CT molecular complexity index is 1000. The number of nitrogens with zero attached hydrogens (tertiary/aromatic N) is 1. The molecule has 0 saturated heterocycles. The van der Waals surface area contributed by atoms with Gasteiger partial charge in [0.25, 0.3) is 10.0 Å². The molecule has 0 saturated carbocycles. The zero-order valence-corrected chi connectivity index (χ0v) is 19.5. The second-order valence-electron chi connectivity index (χ2n) is 7.22. The predicted octanol–water partition coefficient (Wildman–Crippen LogP) is 3.06. The van der Waals surface area contributed by atoms with Gasteiger partial charge in [0.2, 0.25) is 0 Å². The first-order valence-electron chi connectivity index (χ1n) is 9.46. The zero-order valence-electron chi connectivity index (χ0n) is 17.1. The summed E-state index contributed by atoms with van der Waals surface area (Å²) in [6.07, 6.45) is 0.576. The van der Waals surface area contributed by atoms with Crippen LogP contribution in [0.4, 0.5) is 0 Å². The lowest BCUT2D eigenvalue weighted by molar-refractivity contribution is 0.0595. The molecule has 1 aromatic carbocycles. The topological polar surface area (TPSA) is 84.9 Å². The normalized spacial score (nSPS) is 15.6. The summed E-state index contributed by atoms with van der Waals surface area (Å²) in [5, 5.41) is 0.686. The Balaban J connectivity index is 1.89. The molecule has 1 N–H and O–H groups in total. The lowest BCUT2D eigenvalue weighted by atomic mass is 10.0. The predicted molar refractivity (Wildman–Crippen MR) is 117 cm³/mol. The number of nitrogens with one attached hydrogen (secondary N) is 1. The van der Waals surface area contributed by atoms with Crippen LogP contribution in [0.2, 0.25) is 5.02 Å². The van der Waals surface area contributed by atoms with Crippen molar-refractivity contribution in [2.75, 3.05) is 27.4 Å². The molecule has 30 heavy (non-hydrogen) atoms. The van der Waals surface area contributed by atoms with E-state index in [0.717, 1.165) is 27.3 Å². The summed E-state index contributed by atoms with van der Waals surface area (Å²) in [4.78, 5) is 15.6. The molecule has 1 atom stereocenters. The van der Waals surface area contributed by atoms with Crippen molar-refractivity contribution in [3.8, 4) is 0 Å². The molecule has 164 valence electrons. The molecule has 0 bridgehead atoms. The van der Waals surface area contributed by atoms with Gasteiger partial charge >= 0.3 is 5.97 Å². The number of hydrogen-bond acceptors (Lipinski definition) is 7. The maximum atomic E-state index is 13.0. The Kier molecular flexibility index (Phi) is 7.54. The molecule has 1 aromatic heterocycles. The van der Waals surface area contributed by atoms with Crippen molar-refractivity contribution in [2.45, 2.75) is 36.7 Å². The van der Waals surface area contributed by atoms with E-state index in [-0.39, 0.29) is 16.4 Å². The van der Waals surface area contributed by atoms with Crippen molar-refractivity contribution < 1.29 is 22.7 Å². The molecule has 10 heteroatoms. The highest BCUT2D eigenvalue weighted by Gasteiger charge is 2.34. The van der Waals surface area contributed by atoms with Crippen LogP contribution in [0.1, 0.15) is 33.3 Å². The van der Waals surface area contributed by atoms with Crippen LogP contribution in [0.5, 0.6) is 0 Å². The van der Waals surface area contributed by atoms with Crippen LogP contribution in [0.15, 0.2) is 28.5 Å². The molecular formula is C20H25ClN2O5S2. The lowest BCUT2D eigenvalue weighted by Gasteiger charge is -2.27. The van der Waals surface area contributed by atoms with E-state index in [4.69, 9.17) is 21.1 Å². The molecule has 1 unspecified atom stereocenters. The number of fused-ring (bicyclic) bond motifs is 1. The number of ether oxygens (including phenoxy) is 2. The van der Waals surface area contributed by atoms with E-state index in [1.54, 1.807) is 6.92 Å². The van der Waals surface area contributed by atoms with Crippen LogP contribution < -0.4 is 4.72 Å². The van der Waals surface area contributed by atoms with Gasteiger partial charge < -0.3 is 9.47 Å². The molecule has 0 aliphatic carbocycles. The number of rotatable bonds is 8. The summed E-state index contributed by atoms with van der Waals surface area (Å²) in [5.74, 6) is -0.626. The largest absolute Gasteiger partial charge is 0.465 e. The Morgan fingerprint density at radius 3 is 2.63 bits per heavy atom. The average Bonchev–Trinajstić information content (AvgIpc) is 3.09. The number of carbonyl (C=O) groups excluding carboxylic acids is 1. The van der Waals surface area contributed by atoms with Crippen molar-refractivity contribution in [3.05, 3.63) is 50.9 Å². The zero-order chi connectivity index (χ0) is 21.9.